The lowest BCUT2D eigenvalue weighted by Gasteiger charge is -2.36. The Bertz CT molecular complexity index is 4840. The summed E-state index contributed by atoms with van der Waals surface area (Å²) in [5.74, 6) is -16.2. The van der Waals surface area contributed by atoms with Crippen molar-refractivity contribution in [2.45, 2.75) is 227 Å². The second-order valence-corrected chi connectivity index (χ2v) is 34.2. The number of amides is 16. The zero-order valence-corrected chi connectivity index (χ0v) is 75.9. The van der Waals surface area contributed by atoms with E-state index in [0.717, 1.165) is 21.6 Å². The van der Waals surface area contributed by atoms with Gasteiger partial charge in [-0.05, 0) is 125 Å². The number of rotatable bonds is 27. The number of methoxy groups -OCH3 is 1. The van der Waals surface area contributed by atoms with E-state index in [1.54, 1.807) is 85.2 Å². The number of ether oxygens (including phenoxy) is 1. The highest BCUT2D eigenvalue weighted by molar-refractivity contribution is 8.00. The fourth-order valence-electron chi connectivity index (χ4n) is 16.2. The highest BCUT2D eigenvalue weighted by Gasteiger charge is 2.46. The summed E-state index contributed by atoms with van der Waals surface area (Å²) < 4.78 is 5.34. The number of benzene rings is 3. The predicted octanol–water partition coefficient (Wildman–Crippen LogP) is -3.51. The lowest BCUT2D eigenvalue weighted by atomic mass is 9.99. The molecule has 0 spiro atoms. The van der Waals surface area contributed by atoms with Gasteiger partial charge >= 0.3 is 5.97 Å². The Balaban J connectivity index is 1.18. The Morgan fingerprint density at radius 1 is 0.511 bits per heavy atom. The van der Waals surface area contributed by atoms with Gasteiger partial charge in [-0.3, -0.25) is 81.5 Å². The van der Waals surface area contributed by atoms with Crippen molar-refractivity contribution in [3.05, 3.63) is 102 Å². The second kappa shape index (κ2) is 50.7. The molecule has 0 radical (unpaired) electrons. The number of carbonyl (C=O) groups excluding carboxylic acids is 16. The summed E-state index contributed by atoms with van der Waals surface area (Å²) in [4.78, 5) is 260. The monoisotopic (exact) mass is 1840 g/mol. The zero-order chi connectivity index (χ0) is 95.9. The van der Waals surface area contributed by atoms with Crippen LogP contribution in [-0.4, -0.2) is 321 Å². The number of nitrogens with zero attached hydrogens (tertiary/aromatic N) is 5. The third-order valence-corrected chi connectivity index (χ3v) is 24.8. The third kappa shape index (κ3) is 28.8. The van der Waals surface area contributed by atoms with Crippen LogP contribution in [0.15, 0.2) is 85.2 Å². The fraction of sp³-hybridized carbons (Fsp3) is 0.557. The maximum atomic E-state index is 15.8. The number of unbranched alkanes of at least 4 members (excludes halogenated alkanes) is 2. The first-order chi connectivity index (χ1) is 62.6. The van der Waals surface area contributed by atoms with E-state index in [-0.39, 0.29) is 103 Å². The molecule has 131 heavy (non-hydrogen) atoms. The minimum absolute atomic E-state index is 0.0172. The molecule has 3 aliphatic rings. The van der Waals surface area contributed by atoms with Gasteiger partial charge < -0.3 is 131 Å². The smallest absolute Gasteiger partial charge is 0.303 e. The number of hydrogen-bond donors (Lipinski definition) is 19. The quantitative estimate of drug-likeness (QED) is 0.0242. The molecule has 3 saturated heterocycles. The molecule has 15 atom stereocenters. The van der Waals surface area contributed by atoms with Crippen LogP contribution in [0, 0.1) is 0 Å². The lowest BCUT2D eigenvalue weighted by Crippen LogP contribution is -2.61. The van der Waals surface area contributed by atoms with Gasteiger partial charge in [-0.15, -0.1) is 11.8 Å². The molecule has 5 heterocycles. The summed E-state index contributed by atoms with van der Waals surface area (Å²) in [6.07, 6.45) is 0.945. The zero-order valence-electron chi connectivity index (χ0n) is 75.1. The highest BCUT2D eigenvalue weighted by Crippen LogP contribution is 2.28. The first-order valence-corrected chi connectivity index (χ1v) is 45.5. The van der Waals surface area contributed by atoms with Crippen molar-refractivity contribution in [2.75, 3.05) is 85.6 Å². The Morgan fingerprint density at radius 3 is 1.62 bits per heavy atom. The van der Waals surface area contributed by atoms with Crippen LogP contribution in [0.25, 0.3) is 21.8 Å². The molecular formula is C88H128N22O20S. The van der Waals surface area contributed by atoms with Crippen LogP contribution in [0.5, 0.6) is 5.75 Å². The summed E-state index contributed by atoms with van der Waals surface area (Å²) in [5, 5.41) is 49.2. The third-order valence-electron chi connectivity index (χ3n) is 23.8. The van der Waals surface area contributed by atoms with E-state index >= 15 is 33.6 Å². The molecule has 5 aromatic rings. The normalized spacial score (nSPS) is 25.2. The molecule has 8 rings (SSSR count). The van der Waals surface area contributed by atoms with Crippen molar-refractivity contribution in [3.63, 3.8) is 0 Å². The Morgan fingerprint density at radius 2 is 1.02 bits per heavy atom. The predicted molar refractivity (Wildman–Crippen MR) is 484 cm³/mol. The first-order valence-electron chi connectivity index (χ1n) is 44.3. The van der Waals surface area contributed by atoms with Crippen molar-refractivity contribution < 1.29 is 96.5 Å². The fourth-order valence-corrected chi connectivity index (χ4v) is 17.1. The molecule has 0 aliphatic carbocycles. The summed E-state index contributed by atoms with van der Waals surface area (Å²) in [6, 6.07) is -0.386. The molecular weight excluding hydrogens is 1720 g/mol. The molecule has 0 bridgehead atoms. The van der Waals surface area contributed by atoms with Crippen molar-refractivity contribution >= 4 is 134 Å². The number of aromatic nitrogens is 2. The van der Waals surface area contributed by atoms with E-state index < -0.39 is 236 Å². The number of hydrogen-bond acceptors (Lipinski definition) is 24. The summed E-state index contributed by atoms with van der Waals surface area (Å²) in [5.41, 5.74) is 32.7. The number of likely N-dealkylation sites (N-methyl/N-ethyl adjacent to an activating group) is 3. The molecule has 43 heteroatoms. The summed E-state index contributed by atoms with van der Waals surface area (Å²) in [7, 11) is 5.48. The van der Waals surface area contributed by atoms with Crippen molar-refractivity contribution in [2.24, 2.45) is 28.7 Å². The van der Waals surface area contributed by atoms with E-state index in [0.29, 0.717) is 69.9 Å². The number of aromatic amines is 2. The Kier molecular flexibility index (Phi) is 40.3. The number of carboxylic acid groups (broad SMARTS) is 1. The van der Waals surface area contributed by atoms with Gasteiger partial charge in [0.1, 0.15) is 90.3 Å². The molecule has 3 aliphatic heterocycles. The van der Waals surface area contributed by atoms with Gasteiger partial charge in [0.15, 0.2) is 0 Å². The van der Waals surface area contributed by atoms with E-state index in [1.807, 2.05) is 13.8 Å². The first kappa shape index (κ1) is 104. The molecule has 3 fully saturated rings. The van der Waals surface area contributed by atoms with Crippen LogP contribution in [0.1, 0.15) is 134 Å². The van der Waals surface area contributed by atoms with Crippen LogP contribution < -0.4 is 86.6 Å². The minimum Gasteiger partial charge on any atom is -0.497 e. The standard InChI is InChI=1S/C88H128N22O20S/c1-8-10-23-68-81(122)99-59(22-16-34-89)77(118)105-67(76(117)96-45-72(93)112)47-131-48-73(113)97-64(38-50-26-28-54(130-7)29-27-50)84(125)106(4)49(3)75(116)100-62(33-36-91)86(127)109-37-17-25-69(109)82(123)104-66(42-92)80(121)101-61(30-31-74(114)115)87(128)110-46-53(111)41-71(110)83(124)102-63(39-51-43-94-57-20-14-12-18-55(51)57)79(120)98-60(32-35-90)78(119)103-65(40-52-44-95-58-21-15-13-19-56(52)58)85(126)108(6)70(24-11-9-2)88(129)107(68)5/h12-15,18-21,26-29,43-44,49,53,59-71,94-95,111H,8-11,16-17,22-25,30-42,45-48,89-92H2,1-7H3,(H2,93,112)(H,96,117)(H,97,113)(H,98,120)(H,99,122)(H,100,116)(H,101,121)(H,102,124)(H,103,119)(H,104,123)(H,105,118)(H,114,115)/t49-,53+,59-,60-,61-,62+,63-,64-,65-,66-,67-,68-,69-,70-,71-/m0/s1. The van der Waals surface area contributed by atoms with Crippen molar-refractivity contribution in [1.29, 1.82) is 0 Å². The molecule has 0 saturated carbocycles. The topological polar surface area (TPSA) is 638 Å². The average molecular weight is 1850 g/mol. The Labute approximate surface area is 763 Å². The number of carbonyl (C=O) groups is 17. The number of carboxylic acids is 1. The SMILES string of the molecule is CCCC[C@H]1C(=O)N(C)[C@@H](CCCC)C(=O)N[C@@H](CCCN)C(=O)N[C@H](C(=O)NCC(N)=O)CSCC(=O)N[C@@H](Cc2ccc(OC)cc2)C(=O)N(C)[C@@H](C)C(=O)N[C@H](CCN)C(=O)N2CCC[C@H]2C(=O)N[C@@H](CN)C(=O)N[C@@H](CCC(=O)O)C(=O)N2C[C@H](O)C[C@H]2C(=O)N[C@@H](Cc2c[nH]c3ccccc23)C(=O)N[C@@H](CCN)C(=O)N[C@@H](Cc2c[nH]c3ccccc23)C(=O)N1C. The number of nitrogens with one attached hydrogen (secondary N) is 12. The van der Waals surface area contributed by atoms with Gasteiger partial charge in [-0.1, -0.05) is 88.1 Å². The van der Waals surface area contributed by atoms with Crippen molar-refractivity contribution in [1.82, 2.24) is 87.6 Å². The van der Waals surface area contributed by atoms with Crippen LogP contribution in [-0.2, 0) is 101 Å². The highest BCUT2D eigenvalue weighted by atomic mass is 32.2. The number of primary amides is 1. The molecule has 16 amide bonds. The van der Waals surface area contributed by atoms with E-state index in [1.165, 1.54) is 49.9 Å². The van der Waals surface area contributed by atoms with E-state index in [4.69, 9.17) is 33.4 Å². The van der Waals surface area contributed by atoms with Gasteiger partial charge in [0, 0.05) is 113 Å². The lowest BCUT2D eigenvalue weighted by molar-refractivity contribution is -0.149. The number of para-hydroxylation sites is 2. The molecule has 0 unspecified atom stereocenters. The van der Waals surface area contributed by atoms with Crippen LogP contribution in [0.2, 0.25) is 0 Å². The maximum Gasteiger partial charge on any atom is 0.303 e. The van der Waals surface area contributed by atoms with Crippen LogP contribution in [0.4, 0.5) is 0 Å². The van der Waals surface area contributed by atoms with Gasteiger partial charge in [0.05, 0.1) is 25.5 Å². The van der Waals surface area contributed by atoms with Gasteiger partial charge in [-0.25, -0.2) is 0 Å². The maximum absolute atomic E-state index is 15.8. The van der Waals surface area contributed by atoms with Gasteiger partial charge in [-0.2, -0.15) is 0 Å². The summed E-state index contributed by atoms with van der Waals surface area (Å²) >= 11 is 0.817. The average Bonchev–Trinajstić information content (AvgIpc) is 1.68. The van der Waals surface area contributed by atoms with Crippen LogP contribution >= 0.6 is 11.8 Å². The molecule has 2 aromatic heterocycles. The van der Waals surface area contributed by atoms with E-state index in [9.17, 15) is 58.2 Å². The van der Waals surface area contributed by atoms with Gasteiger partial charge in [0.2, 0.25) is 94.5 Å². The number of nitrogens with two attached hydrogens (primary N) is 5. The number of aliphatic hydroxyl groups excluding tert-OH is 1. The number of aliphatic carboxylic acids is 1. The number of thioether (sulfide) groups is 1. The van der Waals surface area contributed by atoms with Gasteiger partial charge in [0.25, 0.3) is 0 Å². The number of H-pyrrole nitrogens is 2. The van der Waals surface area contributed by atoms with Crippen molar-refractivity contribution in [3.8, 4) is 5.75 Å². The Hall–Kier alpha value is -12.3. The summed E-state index contributed by atoms with van der Waals surface area (Å²) in [6.45, 7) is 2.74. The molecule has 42 nitrogen and oxygen atoms in total. The number of fused-ring (bicyclic) bond motifs is 4. The minimum atomic E-state index is -1.79. The van der Waals surface area contributed by atoms with E-state index in [2.05, 4.69) is 63.1 Å². The largest absolute Gasteiger partial charge is 0.497 e. The van der Waals surface area contributed by atoms with Crippen LogP contribution in [0.3, 0.4) is 0 Å². The number of aliphatic hydroxyl groups is 1. The molecule has 3 aromatic carbocycles. The second-order valence-electron chi connectivity index (χ2n) is 33.2. The molecule has 24 N–H and O–H groups in total. The molecule has 716 valence electrons.